The van der Waals surface area contributed by atoms with E-state index in [0.29, 0.717) is 0 Å². The summed E-state index contributed by atoms with van der Waals surface area (Å²) in [6.07, 6.45) is 0. The summed E-state index contributed by atoms with van der Waals surface area (Å²) < 4.78 is 0. The predicted octanol–water partition coefficient (Wildman–Crippen LogP) is 1.38. The van der Waals surface area contributed by atoms with Gasteiger partial charge < -0.3 is 0 Å². The van der Waals surface area contributed by atoms with Gasteiger partial charge in [-0.15, -0.1) is 0 Å². The third-order valence-electron chi connectivity index (χ3n) is 0.178. The van der Waals surface area contributed by atoms with E-state index < -0.39 is 0 Å². The summed E-state index contributed by atoms with van der Waals surface area (Å²) in [6, 6.07) is 0. The zero-order valence-electron chi connectivity index (χ0n) is 2.62. The van der Waals surface area contributed by atoms with Crippen molar-refractivity contribution in [2.75, 3.05) is 0 Å². The van der Waals surface area contributed by atoms with Crippen molar-refractivity contribution >= 4 is 39.5 Å². The molecule has 0 spiro atoms. The van der Waals surface area contributed by atoms with Crippen LogP contribution in [0, 0.1) is 0 Å². The maximum atomic E-state index is 5.21. The molecule has 0 N–H and O–H groups in total. The SMILES string of the molecule is [Al+2][CH2]C(Cl)Cl. The van der Waals surface area contributed by atoms with Crippen molar-refractivity contribution in [1.82, 2.24) is 0 Å². The average molecular weight is 125 g/mol. The van der Waals surface area contributed by atoms with Gasteiger partial charge in [0.05, 0.1) is 0 Å². The number of rotatable bonds is 1. The third kappa shape index (κ3) is 5.11. The zero-order chi connectivity index (χ0) is 4.28. The van der Waals surface area contributed by atoms with E-state index in [1.54, 1.807) is 0 Å². The molecule has 0 saturated carbocycles. The average Bonchev–Trinajstić information content (AvgIpc) is 1.38. The van der Waals surface area contributed by atoms with Crippen molar-refractivity contribution in [1.29, 1.82) is 0 Å². The third-order valence-corrected chi connectivity index (χ3v) is 1.60. The standard InChI is InChI=1S/C2H3Cl2.Al/c1-2(3)4;/h2H,1H2;/q;+2. The Morgan fingerprint density at radius 3 is 1.80 bits per heavy atom. The molecule has 0 amide bonds. The van der Waals surface area contributed by atoms with E-state index in [2.05, 4.69) is 16.3 Å². The van der Waals surface area contributed by atoms with E-state index >= 15 is 0 Å². The summed E-state index contributed by atoms with van der Waals surface area (Å²) in [7, 11) is 0. The van der Waals surface area contributed by atoms with Crippen LogP contribution in [0.25, 0.3) is 0 Å². The molecule has 5 heavy (non-hydrogen) atoms. The van der Waals surface area contributed by atoms with Gasteiger partial charge in [0, 0.05) is 0 Å². The Bertz CT molecular complexity index is 21.6. The van der Waals surface area contributed by atoms with Crippen molar-refractivity contribution in [3.8, 4) is 0 Å². The van der Waals surface area contributed by atoms with Crippen molar-refractivity contribution < 1.29 is 0 Å². The zero-order valence-corrected chi connectivity index (χ0v) is 5.28. The Hall–Kier alpha value is 1.11. The van der Waals surface area contributed by atoms with Gasteiger partial charge in [-0.25, -0.2) is 0 Å². The predicted molar refractivity (Wildman–Crippen MR) is 26.1 cm³/mol. The van der Waals surface area contributed by atoms with Gasteiger partial charge in [0.15, 0.2) is 0 Å². The molecule has 0 aliphatic carbocycles. The molecule has 26 valence electrons. The van der Waals surface area contributed by atoms with Crippen LogP contribution in [0.3, 0.4) is 0 Å². The molecule has 0 unspecified atom stereocenters. The molecule has 0 rings (SSSR count). The topological polar surface area (TPSA) is 0 Å². The van der Waals surface area contributed by atoms with E-state index in [9.17, 15) is 0 Å². The van der Waals surface area contributed by atoms with E-state index in [1.807, 2.05) is 0 Å². The second kappa shape index (κ2) is 3.31. The van der Waals surface area contributed by atoms with Gasteiger partial charge in [-0.05, 0) is 0 Å². The Morgan fingerprint density at radius 2 is 1.80 bits per heavy atom. The Balaban J connectivity index is 2.54. The molecule has 0 nitrogen and oxygen atoms in total. The second-order valence-corrected chi connectivity index (χ2v) is 2.38. The van der Waals surface area contributed by atoms with Gasteiger partial charge >= 0.3 is 49.6 Å². The van der Waals surface area contributed by atoms with Gasteiger partial charge in [-0.1, -0.05) is 0 Å². The summed E-state index contributed by atoms with van der Waals surface area (Å²) >= 11 is 12.8. The van der Waals surface area contributed by atoms with Gasteiger partial charge in [0.25, 0.3) is 0 Å². The molecule has 0 radical (unpaired) electrons. The van der Waals surface area contributed by atoms with Crippen LogP contribution >= 0.6 is 23.2 Å². The normalized spacial score (nSPS) is 9.80. The Morgan fingerprint density at radius 1 is 1.60 bits per heavy atom. The molecule has 0 saturated heterocycles. The fourth-order valence-electron chi connectivity index (χ4n) is 0. The molecule has 0 aromatic carbocycles. The number of hydrogen-bond donors (Lipinski definition) is 0. The van der Waals surface area contributed by atoms with Crippen LogP contribution < -0.4 is 0 Å². The molecule has 0 aliphatic rings. The van der Waals surface area contributed by atoms with Gasteiger partial charge in [-0.3, -0.25) is 0 Å². The van der Waals surface area contributed by atoms with Crippen LogP contribution in [0.5, 0.6) is 0 Å². The van der Waals surface area contributed by atoms with Crippen LogP contribution in [0.1, 0.15) is 0 Å². The summed E-state index contributed by atoms with van der Waals surface area (Å²) in [6.45, 7) is 0. The molecule has 0 aliphatic heterocycles. The molecular formula is C2H3AlCl2+2. The number of hydrogen-bond acceptors (Lipinski definition) is 0. The quantitative estimate of drug-likeness (QED) is 0.366. The molecule has 0 bridgehead atoms. The number of halogens is 2. The molecule has 0 atom stereocenters. The van der Waals surface area contributed by atoms with Crippen LogP contribution in [-0.4, -0.2) is 21.1 Å². The first-order valence-corrected chi connectivity index (χ1v) is 2.94. The second-order valence-electron chi connectivity index (χ2n) is 0.627. The molecular weight excluding hydrogens is 122 g/mol. The van der Waals surface area contributed by atoms with E-state index in [1.165, 1.54) is 0 Å². The van der Waals surface area contributed by atoms with E-state index in [-0.39, 0.29) is 4.84 Å². The summed E-state index contributed by atoms with van der Waals surface area (Å²) in [5.41, 5.74) is 0. The first-order valence-electron chi connectivity index (χ1n) is 1.25. The summed E-state index contributed by atoms with van der Waals surface area (Å²) in [4.78, 5) is -0.208. The molecule has 0 aromatic heterocycles. The van der Waals surface area contributed by atoms with E-state index in [0.717, 1.165) is 5.28 Å². The van der Waals surface area contributed by atoms with Crippen molar-refractivity contribution in [3.05, 3.63) is 0 Å². The van der Waals surface area contributed by atoms with Crippen LogP contribution in [0.2, 0.25) is 5.28 Å². The van der Waals surface area contributed by atoms with Crippen molar-refractivity contribution in [3.63, 3.8) is 0 Å². The van der Waals surface area contributed by atoms with E-state index in [4.69, 9.17) is 23.2 Å². The summed E-state index contributed by atoms with van der Waals surface area (Å²) in [5.74, 6) is 0. The van der Waals surface area contributed by atoms with Crippen molar-refractivity contribution in [2.45, 2.75) is 10.1 Å². The summed E-state index contributed by atoms with van der Waals surface area (Å²) in [5, 5.41) is 0.753. The van der Waals surface area contributed by atoms with Crippen LogP contribution in [0.4, 0.5) is 0 Å². The van der Waals surface area contributed by atoms with Gasteiger partial charge in [0.2, 0.25) is 0 Å². The molecule has 3 heteroatoms. The molecule has 0 fully saturated rings. The molecule has 0 heterocycles. The number of alkyl halides is 2. The maximum absolute atomic E-state index is 5.21. The fourth-order valence-corrected chi connectivity index (χ4v) is 0. The first kappa shape index (κ1) is 6.11. The van der Waals surface area contributed by atoms with Gasteiger partial charge in [-0.2, -0.15) is 0 Å². The minimum absolute atomic E-state index is 0.208. The van der Waals surface area contributed by atoms with Gasteiger partial charge in [0.1, 0.15) is 0 Å². The van der Waals surface area contributed by atoms with Crippen LogP contribution in [0.15, 0.2) is 0 Å². The fraction of sp³-hybridized carbons (Fsp3) is 1.00. The molecule has 0 aromatic rings. The van der Waals surface area contributed by atoms with Crippen LogP contribution in [-0.2, 0) is 0 Å². The Labute approximate surface area is 49.9 Å². The first-order chi connectivity index (χ1) is 2.27. The van der Waals surface area contributed by atoms with Crippen molar-refractivity contribution in [2.24, 2.45) is 0 Å². The Kier molecular flexibility index (Phi) is 4.04. The monoisotopic (exact) mass is 124 g/mol. The minimum atomic E-state index is -0.208.